The van der Waals surface area contributed by atoms with Crippen LogP contribution in [0.2, 0.25) is 0 Å². The van der Waals surface area contributed by atoms with Gasteiger partial charge in [-0.15, -0.1) is 0 Å². The van der Waals surface area contributed by atoms with Gasteiger partial charge in [0.1, 0.15) is 6.04 Å². The zero-order valence-corrected chi connectivity index (χ0v) is 12.9. The van der Waals surface area contributed by atoms with E-state index in [1.165, 1.54) is 4.57 Å². The third kappa shape index (κ3) is 3.16. The number of carbonyl (C=O) groups excluding carboxylic acids is 1. The van der Waals surface area contributed by atoms with Gasteiger partial charge in [-0.3, -0.25) is 9.36 Å². The number of ether oxygens (including phenoxy) is 1. The van der Waals surface area contributed by atoms with E-state index in [2.05, 4.69) is 0 Å². The standard InChI is InChI=1S/C15H18N2O3S/c1-3-12(14(18)20-4-2)17-13(9-21-15(17)19)10-6-5-7-11(16)8-10/h5-9,12H,3-4,16H2,1-2H3. The Kier molecular flexibility index (Phi) is 4.80. The summed E-state index contributed by atoms with van der Waals surface area (Å²) in [5, 5.41) is 1.75. The maximum Gasteiger partial charge on any atom is 0.329 e. The minimum absolute atomic E-state index is 0.174. The van der Waals surface area contributed by atoms with E-state index in [0.717, 1.165) is 16.9 Å². The molecular weight excluding hydrogens is 288 g/mol. The Morgan fingerprint density at radius 1 is 1.43 bits per heavy atom. The molecule has 0 saturated heterocycles. The smallest absolute Gasteiger partial charge is 0.329 e. The average molecular weight is 306 g/mol. The number of hydrogen-bond donors (Lipinski definition) is 1. The molecule has 0 fully saturated rings. The number of rotatable bonds is 5. The predicted molar refractivity (Wildman–Crippen MR) is 84.4 cm³/mol. The van der Waals surface area contributed by atoms with E-state index in [-0.39, 0.29) is 10.8 Å². The number of nitrogens with two attached hydrogens (primary N) is 1. The van der Waals surface area contributed by atoms with Gasteiger partial charge >= 0.3 is 10.8 Å². The third-order valence-corrected chi connectivity index (χ3v) is 3.91. The molecule has 2 rings (SSSR count). The summed E-state index contributed by atoms with van der Waals surface area (Å²) in [5.41, 5.74) is 7.91. The van der Waals surface area contributed by atoms with Gasteiger partial charge in [0.15, 0.2) is 0 Å². The number of anilines is 1. The second-order valence-electron chi connectivity index (χ2n) is 4.56. The highest BCUT2D eigenvalue weighted by molar-refractivity contribution is 7.07. The molecule has 1 aromatic heterocycles. The highest BCUT2D eigenvalue weighted by Crippen LogP contribution is 2.26. The summed E-state index contributed by atoms with van der Waals surface area (Å²) < 4.78 is 6.57. The molecule has 0 aliphatic heterocycles. The first-order valence-electron chi connectivity index (χ1n) is 6.81. The van der Waals surface area contributed by atoms with E-state index in [0.29, 0.717) is 24.4 Å². The molecule has 1 heterocycles. The third-order valence-electron chi connectivity index (χ3n) is 3.17. The van der Waals surface area contributed by atoms with Gasteiger partial charge in [-0.05, 0) is 25.5 Å². The van der Waals surface area contributed by atoms with Crippen LogP contribution in [0.4, 0.5) is 5.69 Å². The van der Waals surface area contributed by atoms with E-state index < -0.39 is 6.04 Å². The first kappa shape index (κ1) is 15.3. The quantitative estimate of drug-likeness (QED) is 0.681. The van der Waals surface area contributed by atoms with Crippen molar-refractivity contribution in [2.24, 2.45) is 0 Å². The molecule has 0 amide bonds. The Morgan fingerprint density at radius 2 is 2.19 bits per heavy atom. The molecule has 0 saturated carbocycles. The molecule has 0 bridgehead atoms. The number of esters is 1. The summed E-state index contributed by atoms with van der Waals surface area (Å²) in [6, 6.07) is 6.64. The molecule has 2 aromatic rings. The van der Waals surface area contributed by atoms with E-state index in [4.69, 9.17) is 10.5 Å². The summed E-state index contributed by atoms with van der Waals surface area (Å²) >= 11 is 1.07. The van der Waals surface area contributed by atoms with Crippen molar-refractivity contribution in [3.05, 3.63) is 39.3 Å². The van der Waals surface area contributed by atoms with Gasteiger partial charge in [-0.25, -0.2) is 4.79 Å². The molecule has 0 aliphatic rings. The largest absolute Gasteiger partial charge is 0.464 e. The summed E-state index contributed by atoms with van der Waals surface area (Å²) in [7, 11) is 0. The van der Waals surface area contributed by atoms with Crippen LogP contribution < -0.4 is 10.6 Å². The Morgan fingerprint density at radius 3 is 2.81 bits per heavy atom. The van der Waals surface area contributed by atoms with Crippen LogP contribution in [0.3, 0.4) is 0 Å². The normalized spacial score (nSPS) is 12.1. The molecule has 5 nitrogen and oxygen atoms in total. The molecule has 1 atom stereocenters. The first-order valence-corrected chi connectivity index (χ1v) is 7.69. The maximum absolute atomic E-state index is 12.1. The summed E-state index contributed by atoms with van der Waals surface area (Å²) in [6.45, 7) is 3.90. The van der Waals surface area contributed by atoms with E-state index in [1.54, 1.807) is 24.4 Å². The van der Waals surface area contributed by atoms with Crippen LogP contribution in [-0.4, -0.2) is 17.1 Å². The van der Waals surface area contributed by atoms with Crippen LogP contribution in [0, 0.1) is 0 Å². The summed E-state index contributed by atoms with van der Waals surface area (Å²) in [6.07, 6.45) is 0.491. The molecule has 6 heteroatoms. The molecule has 0 radical (unpaired) electrons. The van der Waals surface area contributed by atoms with Crippen molar-refractivity contribution in [3.63, 3.8) is 0 Å². The van der Waals surface area contributed by atoms with Crippen LogP contribution in [0.1, 0.15) is 26.3 Å². The maximum atomic E-state index is 12.1. The van der Waals surface area contributed by atoms with E-state index in [1.807, 2.05) is 19.1 Å². The van der Waals surface area contributed by atoms with Crippen molar-refractivity contribution >= 4 is 23.0 Å². The number of nitrogens with zero attached hydrogens (tertiary/aromatic N) is 1. The zero-order valence-electron chi connectivity index (χ0n) is 12.0. The lowest BCUT2D eigenvalue weighted by molar-refractivity contribution is -0.147. The Hall–Kier alpha value is -2.08. The van der Waals surface area contributed by atoms with Crippen molar-refractivity contribution < 1.29 is 9.53 Å². The number of thiazole rings is 1. The predicted octanol–water partition coefficient (Wildman–Crippen LogP) is 2.67. The van der Waals surface area contributed by atoms with Crippen molar-refractivity contribution in [2.45, 2.75) is 26.3 Å². The molecule has 1 aromatic carbocycles. The molecule has 2 N–H and O–H groups in total. The van der Waals surface area contributed by atoms with Gasteiger partial charge in [-0.2, -0.15) is 0 Å². The average Bonchev–Trinajstić information content (AvgIpc) is 2.82. The SMILES string of the molecule is CCOC(=O)C(CC)n1c(-c2cccc(N)c2)csc1=O. The lowest BCUT2D eigenvalue weighted by atomic mass is 10.1. The number of hydrogen-bond acceptors (Lipinski definition) is 5. The molecular formula is C15H18N2O3S. The van der Waals surface area contributed by atoms with Gasteiger partial charge in [0, 0.05) is 16.6 Å². The fourth-order valence-electron chi connectivity index (χ4n) is 2.21. The van der Waals surface area contributed by atoms with Crippen LogP contribution in [0.15, 0.2) is 34.4 Å². The van der Waals surface area contributed by atoms with Crippen LogP contribution in [-0.2, 0) is 9.53 Å². The second kappa shape index (κ2) is 6.58. The lowest BCUT2D eigenvalue weighted by Gasteiger charge is -2.17. The van der Waals surface area contributed by atoms with Crippen LogP contribution >= 0.6 is 11.3 Å². The molecule has 21 heavy (non-hydrogen) atoms. The Bertz CT molecular complexity index is 690. The minimum atomic E-state index is -0.611. The molecule has 0 spiro atoms. The topological polar surface area (TPSA) is 74.3 Å². The van der Waals surface area contributed by atoms with Crippen molar-refractivity contribution in [1.29, 1.82) is 0 Å². The Labute approximate surface area is 127 Å². The fraction of sp³-hybridized carbons (Fsp3) is 0.333. The molecule has 112 valence electrons. The van der Waals surface area contributed by atoms with Crippen LogP contribution in [0.5, 0.6) is 0 Å². The van der Waals surface area contributed by atoms with Gasteiger partial charge in [0.25, 0.3) is 0 Å². The van der Waals surface area contributed by atoms with Gasteiger partial charge in [0.05, 0.1) is 12.3 Å². The van der Waals surface area contributed by atoms with Gasteiger partial charge < -0.3 is 10.5 Å². The second-order valence-corrected chi connectivity index (χ2v) is 5.38. The van der Waals surface area contributed by atoms with Crippen molar-refractivity contribution in [2.75, 3.05) is 12.3 Å². The zero-order chi connectivity index (χ0) is 15.4. The highest BCUT2D eigenvalue weighted by Gasteiger charge is 2.24. The summed E-state index contributed by atoms with van der Waals surface area (Å²) in [5.74, 6) is -0.384. The van der Waals surface area contributed by atoms with Crippen molar-refractivity contribution in [1.82, 2.24) is 4.57 Å². The molecule has 0 aliphatic carbocycles. The first-order chi connectivity index (χ1) is 10.1. The Balaban J connectivity index is 2.51. The van der Waals surface area contributed by atoms with Gasteiger partial charge in [0.2, 0.25) is 0 Å². The number of aromatic nitrogens is 1. The minimum Gasteiger partial charge on any atom is -0.464 e. The van der Waals surface area contributed by atoms with E-state index >= 15 is 0 Å². The molecule has 1 unspecified atom stereocenters. The number of benzene rings is 1. The highest BCUT2D eigenvalue weighted by atomic mass is 32.1. The van der Waals surface area contributed by atoms with Gasteiger partial charge in [-0.1, -0.05) is 30.4 Å². The fourth-order valence-corrected chi connectivity index (χ4v) is 3.01. The number of nitrogen functional groups attached to an aromatic ring is 1. The monoisotopic (exact) mass is 306 g/mol. The van der Waals surface area contributed by atoms with Crippen molar-refractivity contribution in [3.8, 4) is 11.3 Å². The number of carbonyl (C=O) groups is 1. The summed E-state index contributed by atoms with van der Waals surface area (Å²) in [4.78, 5) is 24.0. The van der Waals surface area contributed by atoms with E-state index in [9.17, 15) is 9.59 Å². The van der Waals surface area contributed by atoms with Crippen LogP contribution in [0.25, 0.3) is 11.3 Å². The lowest BCUT2D eigenvalue weighted by Crippen LogP contribution is -2.28.